The number of amides is 1. The highest BCUT2D eigenvalue weighted by Gasteiger charge is 2.13. The van der Waals surface area contributed by atoms with Crippen LogP contribution in [0.1, 0.15) is 15.9 Å². The third-order valence-corrected chi connectivity index (χ3v) is 3.37. The molecular formula is C17H16ClNO4. The Labute approximate surface area is 139 Å². The fourth-order valence-electron chi connectivity index (χ4n) is 1.93. The van der Waals surface area contributed by atoms with E-state index in [-0.39, 0.29) is 6.61 Å². The van der Waals surface area contributed by atoms with Crippen LogP contribution in [0.3, 0.4) is 0 Å². The van der Waals surface area contributed by atoms with E-state index in [2.05, 4.69) is 5.32 Å². The molecule has 0 aliphatic heterocycles. The van der Waals surface area contributed by atoms with Gasteiger partial charge in [0.2, 0.25) is 0 Å². The molecule has 0 saturated heterocycles. The minimum absolute atomic E-state index is 0.368. The minimum atomic E-state index is -0.559. The maximum Gasteiger partial charge on any atom is 0.338 e. The largest absolute Gasteiger partial charge is 0.497 e. The molecule has 2 aromatic carbocycles. The molecule has 23 heavy (non-hydrogen) atoms. The van der Waals surface area contributed by atoms with Crippen molar-refractivity contribution in [1.29, 1.82) is 0 Å². The first-order valence-corrected chi connectivity index (χ1v) is 7.24. The average Bonchev–Trinajstić information content (AvgIpc) is 2.54. The zero-order valence-corrected chi connectivity index (χ0v) is 13.5. The second kappa shape index (κ2) is 7.65. The van der Waals surface area contributed by atoms with Crippen molar-refractivity contribution >= 4 is 29.2 Å². The molecule has 0 aliphatic carbocycles. The Morgan fingerprint density at radius 2 is 1.83 bits per heavy atom. The molecule has 1 N–H and O–H groups in total. The third-order valence-electron chi connectivity index (χ3n) is 3.12. The first kappa shape index (κ1) is 16.8. The van der Waals surface area contributed by atoms with Crippen LogP contribution in [-0.4, -0.2) is 25.6 Å². The molecule has 5 nitrogen and oxygen atoms in total. The Hall–Kier alpha value is -2.53. The molecule has 0 heterocycles. The maximum absolute atomic E-state index is 12.0. The summed E-state index contributed by atoms with van der Waals surface area (Å²) in [4.78, 5) is 23.8. The number of carbonyl (C=O) groups is 2. The number of hydrogen-bond donors (Lipinski definition) is 1. The summed E-state index contributed by atoms with van der Waals surface area (Å²) in [5.41, 5.74) is 1.69. The first-order chi connectivity index (χ1) is 11.0. The van der Waals surface area contributed by atoms with Gasteiger partial charge < -0.3 is 14.8 Å². The van der Waals surface area contributed by atoms with E-state index in [1.165, 1.54) is 0 Å². The van der Waals surface area contributed by atoms with Crippen LogP contribution in [0.25, 0.3) is 0 Å². The van der Waals surface area contributed by atoms with Gasteiger partial charge in [-0.25, -0.2) is 4.79 Å². The van der Waals surface area contributed by atoms with Crippen LogP contribution in [0.4, 0.5) is 5.69 Å². The molecule has 0 saturated carbocycles. The Bertz CT molecular complexity index is 713. The van der Waals surface area contributed by atoms with Crippen LogP contribution < -0.4 is 10.1 Å². The van der Waals surface area contributed by atoms with E-state index in [0.29, 0.717) is 27.6 Å². The van der Waals surface area contributed by atoms with Gasteiger partial charge in [-0.2, -0.15) is 0 Å². The highest BCUT2D eigenvalue weighted by atomic mass is 35.5. The zero-order valence-electron chi connectivity index (χ0n) is 12.8. The van der Waals surface area contributed by atoms with Crippen LogP contribution in [0.5, 0.6) is 5.75 Å². The summed E-state index contributed by atoms with van der Waals surface area (Å²) < 4.78 is 10.1. The van der Waals surface area contributed by atoms with E-state index in [1.807, 2.05) is 0 Å². The number of methoxy groups -OCH3 is 1. The van der Waals surface area contributed by atoms with Gasteiger partial charge in [-0.1, -0.05) is 11.6 Å². The first-order valence-electron chi connectivity index (χ1n) is 6.87. The van der Waals surface area contributed by atoms with Gasteiger partial charge in [0.05, 0.1) is 12.7 Å². The molecule has 0 atom stereocenters. The number of aryl methyl sites for hydroxylation is 1. The van der Waals surface area contributed by atoms with Crippen molar-refractivity contribution < 1.29 is 19.1 Å². The fourth-order valence-corrected chi connectivity index (χ4v) is 2.06. The highest BCUT2D eigenvalue weighted by molar-refractivity contribution is 6.30. The third kappa shape index (κ3) is 4.72. The van der Waals surface area contributed by atoms with Crippen LogP contribution in [0, 0.1) is 6.92 Å². The molecular weight excluding hydrogens is 318 g/mol. The Morgan fingerprint density at radius 3 is 2.43 bits per heavy atom. The Balaban J connectivity index is 1.91. The number of nitrogens with one attached hydrogen (secondary N) is 1. The normalized spacial score (nSPS) is 10.0. The summed E-state index contributed by atoms with van der Waals surface area (Å²) in [6.07, 6.45) is 0. The lowest BCUT2D eigenvalue weighted by Crippen LogP contribution is -2.21. The summed E-state index contributed by atoms with van der Waals surface area (Å²) in [6, 6.07) is 11.6. The summed E-state index contributed by atoms with van der Waals surface area (Å²) in [7, 11) is 1.55. The topological polar surface area (TPSA) is 64.6 Å². The number of benzene rings is 2. The van der Waals surface area contributed by atoms with Gasteiger partial charge in [0, 0.05) is 10.7 Å². The van der Waals surface area contributed by atoms with Crippen LogP contribution >= 0.6 is 11.6 Å². The summed E-state index contributed by atoms with van der Waals surface area (Å²) in [5.74, 6) is -0.331. The summed E-state index contributed by atoms with van der Waals surface area (Å²) >= 11 is 5.76. The van der Waals surface area contributed by atoms with E-state index in [4.69, 9.17) is 21.1 Å². The van der Waals surface area contributed by atoms with Gasteiger partial charge in [0.1, 0.15) is 5.75 Å². The van der Waals surface area contributed by atoms with E-state index in [0.717, 1.165) is 0 Å². The second-order valence-electron chi connectivity index (χ2n) is 4.81. The Kier molecular flexibility index (Phi) is 5.60. The molecule has 6 heteroatoms. The SMILES string of the molecule is COc1ccc(C(=O)OCC(=O)Nc2ccc(Cl)cc2)c(C)c1. The molecule has 0 spiro atoms. The van der Waals surface area contributed by atoms with E-state index in [1.54, 1.807) is 56.5 Å². The van der Waals surface area contributed by atoms with Crippen molar-refractivity contribution in [2.75, 3.05) is 19.0 Å². The minimum Gasteiger partial charge on any atom is -0.497 e. The smallest absolute Gasteiger partial charge is 0.338 e. The fraction of sp³-hybridized carbons (Fsp3) is 0.176. The van der Waals surface area contributed by atoms with Gasteiger partial charge in [-0.15, -0.1) is 0 Å². The molecule has 0 radical (unpaired) electrons. The van der Waals surface area contributed by atoms with Crippen molar-refractivity contribution in [2.24, 2.45) is 0 Å². The summed E-state index contributed by atoms with van der Waals surface area (Å²) in [6.45, 7) is 1.40. The lowest BCUT2D eigenvalue weighted by molar-refractivity contribution is -0.119. The van der Waals surface area contributed by atoms with Crippen molar-refractivity contribution in [1.82, 2.24) is 0 Å². The van der Waals surface area contributed by atoms with Gasteiger partial charge in [0.25, 0.3) is 5.91 Å². The standard InChI is InChI=1S/C17H16ClNO4/c1-11-9-14(22-2)7-8-15(11)17(21)23-10-16(20)19-13-5-3-12(18)4-6-13/h3-9H,10H2,1-2H3,(H,19,20). The van der Waals surface area contributed by atoms with E-state index >= 15 is 0 Å². The van der Waals surface area contributed by atoms with Crippen molar-refractivity contribution in [2.45, 2.75) is 6.92 Å². The van der Waals surface area contributed by atoms with Gasteiger partial charge in [0.15, 0.2) is 6.61 Å². The molecule has 0 bridgehead atoms. The molecule has 2 aromatic rings. The van der Waals surface area contributed by atoms with E-state index in [9.17, 15) is 9.59 Å². The number of esters is 1. The number of rotatable bonds is 5. The predicted octanol–water partition coefficient (Wildman–Crippen LogP) is 3.45. The zero-order chi connectivity index (χ0) is 16.8. The molecule has 0 unspecified atom stereocenters. The Morgan fingerprint density at radius 1 is 1.13 bits per heavy atom. The van der Waals surface area contributed by atoms with Crippen molar-refractivity contribution in [3.8, 4) is 5.75 Å². The van der Waals surface area contributed by atoms with Crippen LogP contribution in [0.15, 0.2) is 42.5 Å². The number of hydrogen-bond acceptors (Lipinski definition) is 4. The van der Waals surface area contributed by atoms with Gasteiger partial charge in [-0.05, 0) is 55.0 Å². The number of carbonyl (C=O) groups excluding carboxylic acids is 2. The van der Waals surface area contributed by atoms with Crippen LogP contribution in [0.2, 0.25) is 5.02 Å². The van der Waals surface area contributed by atoms with Gasteiger partial charge in [-0.3, -0.25) is 4.79 Å². The lowest BCUT2D eigenvalue weighted by Gasteiger charge is -2.09. The monoisotopic (exact) mass is 333 g/mol. The number of anilines is 1. The van der Waals surface area contributed by atoms with Crippen molar-refractivity contribution in [3.05, 3.63) is 58.6 Å². The molecule has 1 amide bonds. The molecule has 2 rings (SSSR count). The number of halogens is 1. The molecule has 120 valence electrons. The molecule has 0 fully saturated rings. The molecule has 0 aliphatic rings. The number of ether oxygens (including phenoxy) is 2. The predicted molar refractivity (Wildman–Crippen MR) is 88.1 cm³/mol. The van der Waals surface area contributed by atoms with Crippen LogP contribution in [-0.2, 0) is 9.53 Å². The van der Waals surface area contributed by atoms with Crippen molar-refractivity contribution in [3.63, 3.8) is 0 Å². The molecule has 0 aromatic heterocycles. The highest BCUT2D eigenvalue weighted by Crippen LogP contribution is 2.18. The quantitative estimate of drug-likeness (QED) is 0.851. The van der Waals surface area contributed by atoms with E-state index < -0.39 is 11.9 Å². The second-order valence-corrected chi connectivity index (χ2v) is 5.25. The average molecular weight is 334 g/mol. The maximum atomic E-state index is 12.0. The van der Waals surface area contributed by atoms with Gasteiger partial charge >= 0.3 is 5.97 Å². The summed E-state index contributed by atoms with van der Waals surface area (Å²) in [5, 5.41) is 3.19. The lowest BCUT2D eigenvalue weighted by atomic mass is 10.1.